The van der Waals surface area contributed by atoms with Crippen molar-refractivity contribution in [1.29, 1.82) is 0 Å². The highest BCUT2D eigenvalue weighted by Crippen LogP contribution is 2.30. The lowest BCUT2D eigenvalue weighted by molar-refractivity contribution is -0.121. The van der Waals surface area contributed by atoms with E-state index in [1.54, 1.807) is 30.7 Å². The lowest BCUT2D eigenvalue weighted by Gasteiger charge is -2.22. The van der Waals surface area contributed by atoms with Crippen molar-refractivity contribution in [3.63, 3.8) is 0 Å². The van der Waals surface area contributed by atoms with Crippen molar-refractivity contribution in [3.05, 3.63) is 64.5 Å². The Hall–Kier alpha value is -2.28. The predicted molar refractivity (Wildman–Crippen MR) is 108 cm³/mol. The Morgan fingerprint density at radius 3 is 2.79 bits per heavy atom. The number of halogens is 2. The van der Waals surface area contributed by atoms with Gasteiger partial charge in [-0.1, -0.05) is 23.2 Å². The van der Waals surface area contributed by atoms with E-state index in [1.165, 1.54) is 0 Å². The maximum Gasteiger partial charge on any atom is 0.220 e. The molecule has 0 saturated heterocycles. The van der Waals surface area contributed by atoms with Gasteiger partial charge in [0.25, 0.3) is 0 Å². The highest BCUT2D eigenvalue weighted by Gasteiger charge is 2.18. The van der Waals surface area contributed by atoms with Crippen LogP contribution in [0.15, 0.2) is 51.6 Å². The first-order valence-corrected chi connectivity index (χ1v) is 9.56. The third-order valence-corrected chi connectivity index (χ3v) is 4.85. The topological polar surface area (TPSA) is 71.5 Å². The molecule has 2 heterocycles. The molecule has 1 amide bonds. The molecule has 0 spiro atoms. The molecule has 28 heavy (non-hydrogen) atoms. The smallest absolute Gasteiger partial charge is 0.220 e. The van der Waals surface area contributed by atoms with E-state index in [1.807, 2.05) is 31.1 Å². The molecule has 1 N–H and O–H groups in total. The van der Waals surface area contributed by atoms with E-state index in [9.17, 15) is 4.79 Å². The second-order valence-corrected chi connectivity index (χ2v) is 7.38. The number of nitrogens with zero attached hydrogens (tertiary/aromatic N) is 2. The highest BCUT2D eigenvalue weighted by atomic mass is 35.5. The SMILES string of the molecule is CN(C)[C@H](CNC(=O)CCc1ncc(-c2ccc(Cl)cc2Cl)o1)c1ccco1. The fraction of sp³-hybridized carbons (Fsp3) is 0.300. The quantitative estimate of drug-likeness (QED) is 0.575. The van der Waals surface area contributed by atoms with Crippen molar-refractivity contribution in [2.75, 3.05) is 20.6 Å². The van der Waals surface area contributed by atoms with E-state index in [4.69, 9.17) is 32.0 Å². The lowest BCUT2D eigenvalue weighted by Crippen LogP contribution is -2.34. The number of amides is 1. The summed E-state index contributed by atoms with van der Waals surface area (Å²) >= 11 is 12.1. The van der Waals surface area contributed by atoms with E-state index in [-0.39, 0.29) is 18.4 Å². The molecule has 3 aromatic rings. The van der Waals surface area contributed by atoms with Crippen molar-refractivity contribution in [2.45, 2.75) is 18.9 Å². The van der Waals surface area contributed by atoms with E-state index >= 15 is 0 Å². The van der Waals surface area contributed by atoms with Crippen LogP contribution >= 0.6 is 23.2 Å². The molecule has 0 bridgehead atoms. The van der Waals surface area contributed by atoms with Gasteiger partial charge >= 0.3 is 0 Å². The number of carbonyl (C=O) groups is 1. The number of furan rings is 1. The number of aryl methyl sites for hydroxylation is 1. The van der Waals surface area contributed by atoms with Gasteiger partial charge in [0, 0.05) is 30.0 Å². The summed E-state index contributed by atoms with van der Waals surface area (Å²) in [5.74, 6) is 1.75. The molecule has 0 saturated carbocycles. The molecule has 148 valence electrons. The van der Waals surface area contributed by atoms with Gasteiger partial charge in [-0.05, 0) is 44.4 Å². The Bertz CT molecular complexity index is 923. The Kier molecular flexibility index (Phi) is 6.78. The van der Waals surface area contributed by atoms with Crippen molar-refractivity contribution in [1.82, 2.24) is 15.2 Å². The van der Waals surface area contributed by atoms with Crippen molar-refractivity contribution in [3.8, 4) is 11.3 Å². The van der Waals surface area contributed by atoms with Gasteiger partial charge in [-0.15, -0.1) is 0 Å². The summed E-state index contributed by atoms with van der Waals surface area (Å²) in [4.78, 5) is 18.4. The first-order valence-electron chi connectivity index (χ1n) is 8.80. The van der Waals surface area contributed by atoms with Crippen LogP contribution in [0, 0.1) is 0 Å². The molecule has 1 atom stereocenters. The summed E-state index contributed by atoms with van der Waals surface area (Å²) in [5, 5.41) is 3.97. The second kappa shape index (κ2) is 9.28. The van der Waals surface area contributed by atoms with E-state index in [0.717, 1.165) is 5.76 Å². The number of nitrogens with one attached hydrogen (secondary N) is 1. The van der Waals surface area contributed by atoms with Crippen LogP contribution in [-0.2, 0) is 11.2 Å². The molecular weight excluding hydrogens is 401 g/mol. The molecule has 0 aliphatic carbocycles. The predicted octanol–water partition coefficient (Wildman–Crippen LogP) is 4.59. The van der Waals surface area contributed by atoms with Gasteiger partial charge in [0.05, 0.1) is 23.5 Å². The molecule has 0 aliphatic heterocycles. The van der Waals surface area contributed by atoms with Gasteiger partial charge in [-0.3, -0.25) is 9.69 Å². The van der Waals surface area contributed by atoms with E-state index < -0.39 is 0 Å². The number of hydrogen-bond acceptors (Lipinski definition) is 5. The summed E-state index contributed by atoms with van der Waals surface area (Å²) in [6.45, 7) is 0.455. The number of oxazole rings is 1. The minimum absolute atomic E-state index is 0.0284. The van der Waals surface area contributed by atoms with Crippen LogP contribution in [0.25, 0.3) is 11.3 Å². The standard InChI is InChI=1S/C20H21Cl2N3O3/c1-25(2)16(17-4-3-9-27-17)11-23-19(26)7-8-20-24-12-18(28-20)14-6-5-13(21)10-15(14)22/h3-6,9-10,12,16H,7-8,11H2,1-2H3,(H,23,26)/t16-/m1/s1. The van der Waals surface area contributed by atoms with Crippen molar-refractivity contribution >= 4 is 29.1 Å². The zero-order chi connectivity index (χ0) is 20.1. The maximum atomic E-state index is 12.2. The third-order valence-electron chi connectivity index (χ3n) is 4.30. The van der Waals surface area contributed by atoms with Crippen molar-refractivity contribution < 1.29 is 13.6 Å². The number of aromatic nitrogens is 1. The van der Waals surface area contributed by atoms with Gasteiger partial charge in [-0.25, -0.2) is 4.98 Å². The molecular formula is C20H21Cl2N3O3. The normalized spacial score (nSPS) is 12.3. The van der Waals surface area contributed by atoms with Crippen LogP contribution in [0.4, 0.5) is 0 Å². The van der Waals surface area contributed by atoms with Crippen LogP contribution in [0.2, 0.25) is 10.0 Å². The average Bonchev–Trinajstić information content (AvgIpc) is 3.32. The fourth-order valence-electron chi connectivity index (χ4n) is 2.78. The third kappa shape index (κ3) is 5.16. The minimum atomic E-state index is -0.0809. The van der Waals surface area contributed by atoms with Gasteiger partial charge in [0.15, 0.2) is 11.7 Å². The largest absolute Gasteiger partial charge is 0.468 e. The lowest BCUT2D eigenvalue weighted by atomic mass is 10.2. The molecule has 0 radical (unpaired) electrons. The van der Waals surface area contributed by atoms with Gasteiger partial charge in [0.2, 0.25) is 5.91 Å². The molecule has 0 aliphatic rings. The van der Waals surface area contributed by atoms with Crippen LogP contribution in [0.1, 0.15) is 24.1 Å². The first kappa shape index (κ1) is 20.5. The molecule has 1 aromatic carbocycles. The summed E-state index contributed by atoms with van der Waals surface area (Å²) < 4.78 is 11.2. The Morgan fingerprint density at radius 1 is 1.29 bits per heavy atom. The second-order valence-electron chi connectivity index (χ2n) is 6.54. The van der Waals surface area contributed by atoms with Gasteiger partial charge in [0.1, 0.15) is 5.76 Å². The molecule has 6 nitrogen and oxygen atoms in total. The number of benzene rings is 1. The maximum absolute atomic E-state index is 12.2. The van der Waals surface area contributed by atoms with Crippen LogP contribution < -0.4 is 5.32 Å². The molecule has 0 unspecified atom stereocenters. The number of rotatable bonds is 8. The Morgan fingerprint density at radius 2 is 2.11 bits per heavy atom. The van der Waals surface area contributed by atoms with Gasteiger partial charge in [-0.2, -0.15) is 0 Å². The van der Waals surface area contributed by atoms with Crippen LogP contribution in [0.3, 0.4) is 0 Å². The van der Waals surface area contributed by atoms with Gasteiger partial charge < -0.3 is 14.2 Å². The summed E-state index contributed by atoms with van der Waals surface area (Å²) in [6, 6.07) is 8.86. The van der Waals surface area contributed by atoms with E-state index in [2.05, 4.69) is 10.3 Å². The molecule has 0 fully saturated rings. The number of carbonyl (C=O) groups excluding carboxylic acids is 1. The molecule has 3 rings (SSSR count). The zero-order valence-electron chi connectivity index (χ0n) is 15.6. The first-order chi connectivity index (χ1) is 13.4. The molecule has 2 aromatic heterocycles. The van der Waals surface area contributed by atoms with Crippen molar-refractivity contribution in [2.24, 2.45) is 0 Å². The number of hydrogen-bond donors (Lipinski definition) is 1. The number of likely N-dealkylation sites (N-methyl/N-ethyl adjacent to an activating group) is 1. The average molecular weight is 422 g/mol. The Labute approximate surface area is 173 Å². The minimum Gasteiger partial charge on any atom is -0.468 e. The highest BCUT2D eigenvalue weighted by molar-refractivity contribution is 6.36. The zero-order valence-corrected chi connectivity index (χ0v) is 17.1. The summed E-state index contributed by atoms with van der Waals surface area (Å²) in [7, 11) is 3.88. The van der Waals surface area contributed by atoms with Crippen LogP contribution in [-0.4, -0.2) is 36.4 Å². The summed E-state index contributed by atoms with van der Waals surface area (Å²) in [5.41, 5.74) is 0.710. The Balaban J connectivity index is 1.53. The fourth-order valence-corrected chi connectivity index (χ4v) is 3.28. The summed E-state index contributed by atoms with van der Waals surface area (Å²) in [6.07, 6.45) is 3.89. The van der Waals surface area contributed by atoms with E-state index in [0.29, 0.717) is 40.2 Å². The molecule has 8 heteroatoms. The monoisotopic (exact) mass is 421 g/mol. The van der Waals surface area contributed by atoms with Crippen LogP contribution in [0.5, 0.6) is 0 Å².